The number of allylic oxidation sites excluding steroid dienone is 1. The molecule has 6 rings (SSSR count). The summed E-state index contributed by atoms with van der Waals surface area (Å²) in [5.41, 5.74) is 3.11. The highest BCUT2D eigenvalue weighted by atomic mass is 16.3. The van der Waals surface area contributed by atoms with Gasteiger partial charge < -0.3 is 5.11 Å². The Labute approximate surface area is 174 Å². The van der Waals surface area contributed by atoms with Crippen molar-refractivity contribution >= 4 is 17.1 Å². The number of fused-ring (bicyclic) bond motifs is 7. The van der Waals surface area contributed by atoms with Crippen LogP contribution in [0.25, 0.3) is 17.1 Å². The van der Waals surface area contributed by atoms with Gasteiger partial charge in [-0.3, -0.25) is 14.8 Å². The van der Waals surface area contributed by atoms with Gasteiger partial charge in [-0.05, 0) is 91.2 Å². The van der Waals surface area contributed by atoms with Gasteiger partial charge in [0.2, 0.25) is 0 Å². The van der Waals surface area contributed by atoms with Crippen molar-refractivity contribution in [1.82, 2.24) is 15.0 Å². The first kappa shape index (κ1) is 18.6. The second-order valence-corrected chi connectivity index (χ2v) is 10.7. The first-order chi connectivity index (χ1) is 14.3. The molecule has 0 spiro atoms. The van der Waals surface area contributed by atoms with Gasteiger partial charge in [-0.15, -0.1) is 0 Å². The molecule has 0 amide bonds. The molecular weight excluding hydrogens is 378 g/mol. The van der Waals surface area contributed by atoms with Gasteiger partial charge in [0.25, 0.3) is 5.56 Å². The number of H-pyrrole nitrogens is 2. The van der Waals surface area contributed by atoms with E-state index >= 15 is 0 Å². The summed E-state index contributed by atoms with van der Waals surface area (Å²) >= 11 is 0. The zero-order valence-corrected chi connectivity index (χ0v) is 17.6. The third-order valence-electron chi connectivity index (χ3n) is 9.39. The molecule has 0 bridgehead atoms. The summed E-state index contributed by atoms with van der Waals surface area (Å²) in [4.78, 5) is 33.6. The Morgan fingerprint density at radius 2 is 1.93 bits per heavy atom. The number of aromatic nitrogens is 3. The molecule has 2 heterocycles. The van der Waals surface area contributed by atoms with Crippen molar-refractivity contribution in [2.24, 2.45) is 28.6 Å². The minimum atomic E-state index is -0.516. The number of hydrogen-bond acceptors (Lipinski definition) is 4. The molecule has 0 unspecified atom stereocenters. The molecule has 4 aliphatic rings. The van der Waals surface area contributed by atoms with Crippen LogP contribution in [-0.2, 0) is 6.42 Å². The topological polar surface area (TPSA) is 98.8 Å². The maximum Gasteiger partial charge on any atom is 0.327 e. The van der Waals surface area contributed by atoms with Crippen LogP contribution in [0.5, 0.6) is 0 Å². The zero-order valence-electron chi connectivity index (χ0n) is 17.6. The van der Waals surface area contributed by atoms with Crippen molar-refractivity contribution in [2.45, 2.75) is 64.9 Å². The highest BCUT2D eigenvalue weighted by molar-refractivity contribution is 5.77. The smallest absolute Gasteiger partial charge is 0.327 e. The molecule has 0 aliphatic heterocycles. The summed E-state index contributed by atoms with van der Waals surface area (Å²) in [5.74, 6) is 1.89. The molecule has 6 heteroatoms. The van der Waals surface area contributed by atoms with Crippen LogP contribution in [0.2, 0.25) is 0 Å². The van der Waals surface area contributed by atoms with Crippen LogP contribution in [0.4, 0.5) is 0 Å². The number of pyridine rings is 1. The quantitative estimate of drug-likeness (QED) is 0.625. The van der Waals surface area contributed by atoms with Gasteiger partial charge in [-0.25, -0.2) is 9.78 Å². The van der Waals surface area contributed by atoms with E-state index in [2.05, 4.69) is 34.9 Å². The van der Waals surface area contributed by atoms with Crippen molar-refractivity contribution in [3.63, 3.8) is 0 Å². The molecular formula is C24H29N3O3. The summed E-state index contributed by atoms with van der Waals surface area (Å²) in [6.45, 7) is 4.73. The Morgan fingerprint density at radius 3 is 2.77 bits per heavy atom. The molecule has 158 valence electrons. The van der Waals surface area contributed by atoms with Gasteiger partial charge in [-0.2, -0.15) is 0 Å². The summed E-state index contributed by atoms with van der Waals surface area (Å²) in [5, 5.41) is 11.1. The maximum absolute atomic E-state index is 12.3. The van der Waals surface area contributed by atoms with E-state index in [4.69, 9.17) is 0 Å². The van der Waals surface area contributed by atoms with E-state index in [0.717, 1.165) is 49.8 Å². The average molecular weight is 408 g/mol. The van der Waals surface area contributed by atoms with Crippen LogP contribution in [0, 0.1) is 28.6 Å². The predicted molar refractivity (Wildman–Crippen MR) is 115 cm³/mol. The van der Waals surface area contributed by atoms with E-state index in [0.29, 0.717) is 28.8 Å². The summed E-state index contributed by atoms with van der Waals surface area (Å²) in [6, 6.07) is 1.93. The van der Waals surface area contributed by atoms with Crippen molar-refractivity contribution in [1.29, 1.82) is 0 Å². The number of aliphatic hydroxyl groups excluding tert-OH is 1. The fourth-order valence-electron chi connectivity index (χ4n) is 7.75. The highest BCUT2D eigenvalue weighted by Crippen LogP contribution is 2.65. The zero-order chi connectivity index (χ0) is 20.8. The van der Waals surface area contributed by atoms with Crippen LogP contribution in [-0.4, -0.2) is 26.2 Å². The Bertz CT molecular complexity index is 1210. The second-order valence-electron chi connectivity index (χ2n) is 10.7. The van der Waals surface area contributed by atoms with E-state index in [1.54, 1.807) is 0 Å². The molecule has 0 radical (unpaired) electrons. The predicted octanol–water partition coefficient (Wildman–Crippen LogP) is 3.15. The van der Waals surface area contributed by atoms with E-state index in [1.165, 1.54) is 12.0 Å². The third-order valence-corrected chi connectivity index (χ3v) is 9.39. The molecule has 2 aromatic heterocycles. The molecule has 3 fully saturated rings. The molecule has 4 aliphatic carbocycles. The molecule has 3 saturated carbocycles. The lowest BCUT2D eigenvalue weighted by molar-refractivity contribution is -0.0704. The minimum absolute atomic E-state index is 0.0785. The first-order valence-electron chi connectivity index (χ1n) is 11.3. The van der Waals surface area contributed by atoms with E-state index in [1.807, 2.05) is 6.07 Å². The Hall–Kier alpha value is -2.21. The Balaban J connectivity index is 1.44. The molecule has 2 aromatic rings. The van der Waals surface area contributed by atoms with E-state index < -0.39 is 5.69 Å². The number of aliphatic hydroxyl groups is 1. The lowest BCUT2D eigenvalue weighted by Crippen LogP contribution is -2.51. The van der Waals surface area contributed by atoms with E-state index in [-0.39, 0.29) is 22.5 Å². The lowest BCUT2D eigenvalue weighted by Gasteiger charge is -2.57. The van der Waals surface area contributed by atoms with Crippen LogP contribution in [0.1, 0.15) is 63.6 Å². The van der Waals surface area contributed by atoms with Gasteiger partial charge in [0, 0.05) is 0 Å². The summed E-state index contributed by atoms with van der Waals surface area (Å²) in [6.07, 6.45) is 9.60. The normalized spacial score (nSPS) is 39.6. The molecule has 3 N–H and O–H groups in total. The molecule has 0 aromatic carbocycles. The maximum atomic E-state index is 12.3. The van der Waals surface area contributed by atoms with Crippen molar-refractivity contribution in [2.75, 3.05) is 0 Å². The molecule has 6 atom stereocenters. The second kappa shape index (κ2) is 5.94. The number of hydrogen-bond donors (Lipinski definition) is 3. The van der Waals surface area contributed by atoms with Gasteiger partial charge in [0.05, 0.1) is 17.2 Å². The van der Waals surface area contributed by atoms with E-state index in [9.17, 15) is 14.7 Å². The number of rotatable bonds is 0. The lowest BCUT2D eigenvalue weighted by atomic mass is 9.47. The largest absolute Gasteiger partial charge is 0.393 e. The number of nitrogens with one attached hydrogen (secondary N) is 2. The van der Waals surface area contributed by atoms with Crippen molar-refractivity contribution in [3.05, 3.63) is 43.7 Å². The summed E-state index contributed by atoms with van der Waals surface area (Å²) < 4.78 is 0. The van der Waals surface area contributed by atoms with Gasteiger partial charge in [0.1, 0.15) is 5.65 Å². The fourth-order valence-corrected chi connectivity index (χ4v) is 7.75. The summed E-state index contributed by atoms with van der Waals surface area (Å²) in [7, 11) is 0. The van der Waals surface area contributed by atoms with Crippen LogP contribution < -0.4 is 11.2 Å². The van der Waals surface area contributed by atoms with Crippen LogP contribution in [0.15, 0.2) is 21.2 Å². The fraction of sp³-hybridized carbons (Fsp3) is 0.625. The highest BCUT2D eigenvalue weighted by Gasteiger charge is 2.58. The SMILES string of the molecule is C[C@]12CC[C@H]3[C@@H](CCC4=Cc5nc6[nH]c(=O)[nH]c(=O)c6cc5C[C@@]43C)[C@@H]1CC[C@@H]2O. The number of aromatic amines is 2. The number of nitrogens with zero attached hydrogens (tertiary/aromatic N) is 1. The monoisotopic (exact) mass is 407 g/mol. The van der Waals surface area contributed by atoms with Gasteiger partial charge in [0.15, 0.2) is 0 Å². The van der Waals surface area contributed by atoms with Crippen molar-refractivity contribution < 1.29 is 5.11 Å². The van der Waals surface area contributed by atoms with Gasteiger partial charge >= 0.3 is 5.69 Å². The van der Waals surface area contributed by atoms with Crippen molar-refractivity contribution in [3.8, 4) is 0 Å². The van der Waals surface area contributed by atoms with Crippen LogP contribution >= 0.6 is 0 Å². The third kappa shape index (κ3) is 2.31. The minimum Gasteiger partial charge on any atom is -0.393 e. The Kier molecular flexibility index (Phi) is 3.67. The molecule has 0 saturated heterocycles. The molecule has 30 heavy (non-hydrogen) atoms. The average Bonchev–Trinajstić information content (AvgIpc) is 3.00. The van der Waals surface area contributed by atoms with Gasteiger partial charge in [-0.1, -0.05) is 19.4 Å². The molecule has 6 nitrogen and oxygen atoms in total. The van der Waals surface area contributed by atoms with Crippen LogP contribution in [0.3, 0.4) is 0 Å². The standard InChI is InChI=1S/C24H29N3O3/c1-23-8-7-17-14(16(23)5-6-19(23)28)4-3-13-10-18-12(11-24(13,17)2)9-15-20(25-18)26-22(30)27-21(15)29/h9-10,14,16-17,19,28H,3-8,11H2,1-2H3,(H2,25,26,27,29,30)/t14-,16-,17-,19-,23-,24-/m0/s1. The Morgan fingerprint density at radius 1 is 1.10 bits per heavy atom. The first-order valence-corrected chi connectivity index (χ1v) is 11.3.